The molecule has 0 spiro atoms. The number of hydrogen-bond donors (Lipinski definition) is 0. The van der Waals surface area contributed by atoms with Gasteiger partial charge < -0.3 is 9.64 Å². The van der Waals surface area contributed by atoms with Gasteiger partial charge in [-0.25, -0.2) is 4.98 Å². The zero-order valence-electron chi connectivity index (χ0n) is 10.6. The van der Waals surface area contributed by atoms with E-state index in [0.717, 1.165) is 48.0 Å². The molecule has 3 rings (SSSR count). The summed E-state index contributed by atoms with van der Waals surface area (Å²) in [7, 11) is 2.08. The Morgan fingerprint density at radius 1 is 1.33 bits per heavy atom. The van der Waals surface area contributed by atoms with Gasteiger partial charge in [0, 0.05) is 32.2 Å². The van der Waals surface area contributed by atoms with Crippen molar-refractivity contribution >= 4 is 22.8 Å². The third-order valence-corrected chi connectivity index (χ3v) is 4.87. The van der Waals surface area contributed by atoms with Crippen molar-refractivity contribution in [3.05, 3.63) is 10.6 Å². The quantitative estimate of drug-likeness (QED) is 0.785. The van der Waals surface area contributed by atoms with E-state index in [-0.39, 0.29) is 0 Å². The number of ether oxygens (including phenoxy) is 1. The Morgan fingerprint density at radius 3 is 2.67 bits per heavy atom. The minimum atomic E-state index is 0.497. The van der Waals surface area contributed by atoms with Crippen molar-refractivity contribution in [1.82, 2.24) is 4.98 Å². The van der Waals surface area contributed by atoms with Crippen LogP contribution >= 0.6 is 11.3 Å². The number of carbonyl (C=O) groups is 1. The molecular formula is C13H18N2O2S. The lowest BCUT2D eigenvalue weighted by molar-refractivity contribution is 0.0855. The van der Waals surface area contributed by atoms with Crippen LogP contribution in [0.3, 0.4) is 0 Å². The molecule has 1 saturated carbocycles. The average molecular weight is 266 g/mol. The van der Waals surface area contributed by atoms with Crippen LogP contribution in [-0.4, -0.2) is 37.6 Å². The Bertz CT molecular complexity index is 436. The van der Waals surface area contributed by atoms with E-state index < -0.39 is 0 Å². The van der Waals surface area contributed by atoms with Crippen molar-refractivity contribution in [2.45, 2.75) is 37.6 Å². The van der Waals surface area contributed by atoms with E-state index in [9.17, 15) is 4.79 Å². The zero-order chi connectivity index (χ0) is 12.5. The van der Waals surface area contributed by atoms with E-state index in [4.69, 9.17) is 9.72 Å². The van der Waals surface area contributed by atoms with Crippen LogP contribution in [0.4, 0.5) is 5.13 Å². The van der Waals surface area contributed by atoms with Crippen molar-refractivity contribution in [3.8, 4) is 0 Å². The molecule has 0 radical (unpaired) electrons. The number of aromatic nitrogens is 1. The second kappa shape index (κ2) is 4.97. The van der Waals surface area contributed by atoms with Gasteiger partial charge in [-0.3, -0.25) is 4.79 Å². The molecule has 1 saturated heterocycles. The first kappa shape index (κ1) is 12.1. The predicted octanol–water partition coefficient (Wildman–Crippen LogP) is 2.45. The van der Waals surface area contributed by atoms with Gasteiger partial charge in [-0.15, -0.1) is 0 Å². The van der Waals surface area contributed by atoms with E-state index in [1.165, 1.54) is 24.2 Å². The topological polar surface area (TPSA) is 42.4 Å². The molecule has 18 heavy (non-hydrogen) atoms. The van der Waals surface area contributed by atoms with E-state index in [1.54, 1.807) is 0 Å². The Morgan fingerprint density at radius 2 is 2.06 bits per heavy atom. The minimum absolute atomic E-state index is 0.497. The number of aldehydes is 1. The third kappa shape index (κ3) is 2.29. The summed E-state index contributed by atoms with van der Waals surface area (Å²) in [5, 5.41) is 0.992. The molecule has 5 heteroatoms. The first-order chi connectivity index (χ1) is 8.79. The van der Waals surface area contributed by atoms with Gasteiger partial charge in [-0.2, -0.15) is 0 Å². The van der Waals surface area contributed by atoms with Gasteiger partial charge in [0.2, 0.25) is 0 Å². The van der Waals surface area contributed by atoms with Crippen LogP contribution in [0, 0.1) is 0 Å². The van der Waals surface area contributed by atoms with Crippen molar-refractivity contribution < 1.29 is 9.53 Å². The highest BCUT2D eigenvalue weighted by Crippen LogP contribution is 2.43. The van der Waals surface area contributed by atoms with Crippen LogP contribution in [-0.2, 0) is 4.74 Å². The number of carbonyl (C=O) groups excluding carboxylic acids is 1. The highest BCUT2D eigenvalue weighted by Gasteiger charge is 2.31. The zero-order valence-corrected chi connectivity index (χ0v) is 11.4. The molecule has 0 N–H and O–H groups in total. The van der Waals surface area contributed by atoms with Crippen LogP contribution in [0.5, 0.6) is 0 Å². The lowest BCUT2D eigenvalue weighted by Crippen LogP contribution is -2.36. The van der Waals surface area contributed by atoms with Gasteiger partial charge in [0.1, 0.15) is 0 Å². The third-order valence-electron chi connectivity index (χ3n) is 3.78. The maximum Gasteiger partial charge on any atom is 0.186 e. The molecule has 0 amide bonds. The Kier molecular flexibility index (Phi) is 3.35. The van der Waals surface area contributed by atoms with Gasteiger partial charge in [0.05, 0.1) is 10.6 Å². The second-order valence-corrected chi connectivity index (χ2v) is 6.10. The fraction of sp³-hybridized carbons (Fsp3) is 0.692. The van der Waals surface area contributed by atoms with Gasteiger partial charge in [-0.1, -0.05) is 11.3 Å². The first-order valence-electron chi connectivity index (χ1n) is 6.56. The molecular weight excluding hydrogens is 248 g/mol. The minimum Gasteiger partial charge on any atom is -0.381 e. The predicted molar refractivity (Wildman–Crippen MR) is 71.7 cm³/mol. The summed E-state index contributed by atoms with van der Waals surface area (Å²) in [6.07, 6.45) is 5.43. The Hall–Kier alpha value is -0.940. The monoisotopic (exact) mass is 266 g/mol. The molecule has 1 aromatic heterocycles. The maximum atomic E-state index is 11.1. The Balaban J connectivity index is 1.79. The van der Waals surface area contributed by atoms with Crippen LogP contribution in [0.25, 0.3) is 0 Å². The summed E-state index contributed by atoms with van der Waals surface area (Å²) in [5.74, 6) is 0.540. The molecule has 0 unspecified atom stereocenters. The molecule has 0 atom stereocenters. The van der Waals surface area contributed by atoms with Gasteiger partial charge in [-0.05, 0) is 25.7 Å². The van der Waals surface area contributed by atoms with Gasteiger partial charge in [0.15, 0.2) is 11.4 Å². The van der Waals surface area contributed by atoms with Crippen molar-refractivity contribution in [2.75, 3.05) is 25.2 Å². The van der Waals surface area contributed by atoms with Crippen LogP contribution in [0.15, 0.2) is 0 Å². The number of anilines is 1. The first-order valence-corrected chi connectivity index (χ1v) is 7.37. The fourth-order valence-electron chi connectivity index (χ4n) is 2.44. The lowest BCUT2D eigenvalue weighted by Gasteiger charge is -2.30. The number of rotatable bonds is 4. The van der Waals surface area contributed by atoms with Crippen molar-refractivity contribution in [2.24, 2.45) is 0 Å². The summed E-state index contributed by atoms with van der Waals surface area (Å²) in [5.41, 5.74) is 1.03. The molecule has 1 aliphatic heterocycles. The highest BCUT2D eigenvalue weighted by molar-refractivity contribution is 7.17. The summed E-state index contributed by atoms with van der Waals surface area (Å²) >= 11 is 1.54. The standard InChI is InChI=1S/C13H18N2O2S/c1-15(10-4-6-17-7-5-10)13-14-12(9-2-3-9)11(8-16)18-13/h8-10H,2-7H2,1H3. The van der Waals surface area contributed by atoms with Crippen molar-refractivity contribution in [3.63, 3.8) is 0 Å². The largest absolute Gasteiger partial charge is 0.381 e. The van der Waals surface area contributed by atoms with Crippen LogP contribution in [0.1, 0.15) is 47.0 Å². The number of thiazole rings is 1. The molecule has 1 aliphatic carbocycles. The van der Waals surface area contributed by atoms with E-state index in [0.29, 0.717) is 12.0 Å². The summed E-state index contributed by atoms with van der Waals surface area (Å²) in [6, 6.07) is 0.497. The van der Waals surface area contributed by atoms with Crippen LogP contribution in [0.2, 0.25) is 0 Å². The normalized spacial score (nSPS) is 20.9. The number of hydrogen-bond acceptors (Lipinski definition) is 5. The smallest absolute Gasteiger partial charge is 0.186 e. The van der Waals surface area contributed by atoms with Gasteiger partial charge >= 0.3 is 0 Å². The van der Waals surface area contributed by atoms with Crippen LogP contribution < -0.4 is 4.90 Å². The number of nitrogens with zero attached hydrogens (tertiary/aromatic N) is 2. The molecule has 2 fully saturated rings. The highest BCUT2D eigenvalue weighted by atomic mass is 32.1. The van der Waals surface area contributed by atoms with E-state index in [2.05, 4.69) is 11.9 Å². The molecule has 2 aliphatic rings. The molecule has 98 valence electrons. The summed E-state index contributed by atoms with van der Waals surface area (Å²) < 4.78 is 5.38. The SMILES string of the molecule is CN(c1nc(C2CC2)c(C=O)s1)C1CCOCC1. The maximum absolute atomic E-state index is 11.1. The van der Waals surface area contributed by atoms with E-state index in [1.807, 2.05) is 0 Å². The molecule has 2 heterocycles. The second-order valence-electron chi connectivity index (χ2n) is 5.09. The fourth-order valence-corrected chi connectivity index (χ4v) is 3.44. The lowest BCUT2D eigenvalue weighted by atomic mass is 10.1. The van der Waals surface area contributed by atoms with Crippen molar-refractivity contribution in [1.29, 1.82) is 0 Å². The van der Waals surface area contributed by atoms with E-state index >= 15 is 0 Å². The average Bonchev–Trinajstić information content (AvgIpc) is 3.18. The summed E-state index contributed by atoms with van der Waals surface area (Å²) in [4.78, 5) is 18.8. The molecule has 0 bridgehead atoms. The van der Waals surface area contributed by atoms with Gasteiger partial charge in [0.25, 0.3) is 0 Å². The molecule has 0 aromatic carbocycles. The summed E-state index contributed by atoms with van der Waals surface area (Å²) in [6.45, 7) is 1.66. The Labute approximate surface area is 111 Å². The molecule has 4 nitrogen and oxygen atoms in total. The molecule has 1 aromatic rings.